The maximum absolute atomic E-state index is 15.0. The first-order chi connectivity index (χ1) is 18.6. The quantitative estimate of drug-likeness (QED) is 0.415. The van der Waals surface area contributed by atoms with Crippen LogP contribution < -0.4 is 16.0 Å². The summed E-state index contributed by atoms with van der Waals surface area (Å²) in [5.74, 6) is 0.698. The lowest BCUT2D eigenvalue weighted by Gasteiger charge is -2.45. The zero-order valence-corrected chi connectivity index (χ0v) is 21.1. The molecule has 0 atom stereocenters. The summed E-state index contributed by atoms with van der Waals surface area (Å²) < 4.78 is 16.5. The molecule has 4 heterocycles. The second-order valence-corrected chi connectivity index (χ2v) is 10.4. The second-order valence-electron chi connectivity index (χ2n) is 10.4. The zero-order valence-electron chi connectivity index (χ0n) is 21.1. The van der Waals surface area contributed by atoms with Gasteiger partial charge in [0.05, 0.1) is 11.4 Å². The van der Waals surface area contributed by atoms with E-state index in [1.54, 1.807) is 0 Å². The molecule has 2 aromatic carbocycles. The molecule has 3 N–H and O–H groups in total. The monoisotopic (exact) mass is 511 g/mol. The molecular weight excluding hydrogens is 481 g/mol. The molecule has 3 aliphatic rings. The summed E-state index contributed by atoms with van der Waals surface area (Å²) in [6.45, 7) is 4.08. The number of fused-ring (bicyclic) bond motifs is 3. The van der Waals surface area contributed by atoms with Gasteiger partial charge in [0.15, 0.2) is 5.82 Å². The van der Waals surface area contributed by atoms with Crippen LogP contribution in [0.25, 0.3) is 17.1 Å². The Morgan fingerprint density at radius 2 is 1.74 bits per heavy atom. The third kappa shape index (κ3) is 4.14. The SMILES string of the molecule is Nc1nc(Nc2ccc(N3CC(N4CCCC4)C3)c(F)c2)nn1-c1cc2c(nn1)-c1ccccc1CCC2. The molecule has 2 aliphatic heterocycles. The van der Waals surface area contributed by atoms with Gasteiger partial charge in [-0.05, 0) is 80.6 Å². The van der Waals surface area contributed by atoms with Crippen LogP contribution in [0.2, 0.25) is 0 Å². The van der Waals surface area contributed by atoms with E-state index in [2.05, 4.69) is 53.6 Å². The van der Waals surface area contributed by atoms with Crippen LogP contribution in [0.15, 0.2) is 48.5 Å². The van der Waals surface area contributed by atoms with Gasteiger partial charge in [-0.25, -0.2) is 4.39 Å². The van der Waals surface area contributed by atoms with Gasteiger partial charge in [0.25, 0.3) is 0 Å². The standard InChI is InChI=1S/C28H30FN9/c29-23-15-20(10-11-24(23)37-16-21(17-37)36-12-3-4-13-36)31-28-32-27(30)38(35-28)25-14-19-8-5-7-18-6-1-2-9-22(18)26(19)34-33-25/h1-2,6,9-11,14-15,21H,3-5,7-8,12-13,16-17H2,(H3,30,31,32,35). The number of hydrogen-bond donors (Lipinski definition) is 2. The molecule has 0 bridgehead atoms. The fourth-order valence-electron chi connectivity index (χ4n) is 5.88. The van der Waals surface area contributed by atoms with E-state index >= 15 is 0 Å². The maximum atomic E-state index is 15.0. The molecule has 0 spiro atoms. The Hall–Kier alpha value is -4.05. The number of hydrogen-bond acceptors (Lipinski definition) is 8. The van der Waals surface area contributed by atoms with Crippen molar-refractivity contribution < 1.29 is 4.39 Å². The minimum Gasteiger partial charge on any atom is -0.368 e. The Kier molecular flexibility index (Phi) is 5.69. The van der Waals surface area contributed by atoms with Crippen LogP contribution >= 0.6 is 0 Å². The summed E-state index contributed by atoms with van der Waals surface area (Å²) >= 11 is 0. The molecule has 0 saturated carbocycles. The van der Waals surface area contributed by atoms with E-state index in [1.807, 2.05) is 24.3 Å². The number of aromatic nitrogens is 5. The van der Waals surface area contributed by atoms with E-state index in [-0.39, 0.29) is 17.7 Å². The van der Waals surface area contributed by atoms with E-state index in [9.17, 15) is 4.39 Å². The van der Waals surface area contributed by atoms with Gasteiger partial charge < -0.3 is 16.0 Å². The molecule has 10 heteroatoms. The number of nitrogen functional groups attached to an aromatic ring is 1. The minimum atomic E-state index is -0.265. The molecular formula is C28H30FN9. The maximum Gasteiger partial charge on any atom is 0.248 e. The Bertz CT molecular complexity index is 1490. The highest BCUT2D eigenvalue weighted by atomic mass is 19.1. The van der Waals surface area contributed by atoms with Crippen molar-refractivity contribution in [2.75, 3.05) is 42.1 Å². The summed E-state index contributed by atoms with van der Waals surface area (Å²) in [4.78, 5) is 8.95. The van der Waals surface area contributed by atoms with Crippen LogP contribution in [-0.2, 0) is 12.8 Å². The molecule has 0 radical (unpaired) electrons. The first kappa shape index (κ1) is 23.1. The number of aryl methyl sites for hydroxylation is 2. The summed E-state index contributed by atoms with van der Waals surface area (Å²) in [7, 11) is 0. The van der Waals surface area contributed by atoms with E-state index in [0.29, 0.717) is 23.2 Å². The van der Waals surface area contributed by atoms with Gasteiger partial charge in [0, 0.05) is 30.4 Å². The Morgan fingerprint density at radius 3 is 2.58 bits per heavy atom. The van der Waals surface area contributed by atoms with Gasteiger partial charge in [0.1, 0.15) is 5.82 Å². The van der Waals surface area contributed by atoms with E-state index in [1.165, 1.54) is 29.2 Å². The van der Waals surface area contributed by atoms with Crippen LogP contribution in [0.1, 0.15) is 30.4 Å². The van der Waals surface area contributed by atoms with Crippen molar-refractivity contribution in [3.8, 4) is 17.1 Å². The van der Waals surface area contributed by atoms with Crippen LogP contribution in [0, 0.1) is 5.82 Å². The van der Waals surface area contributed by atoms with Crippen molar-refractivity contribution in [1.82, 2.24) is 29.9 Å². The van der Waals surface area contributed by atoms with Gasteiger partial charge in [-0.1, -0.05) is 24.3 Å². The lowest BCUT2D eigenvalue weighted by atomic mass is 10.0. The number of halogens is 1. The fourth-order valence-corrected chi connectivity index (χ4v) is 5.88. The molecule has 9 nitrogen and oxygen atoms in total. The third-order valence-corrected chi connectivity index (χ3v) is 7.94. The van der Waals surface area contributed by atoms with Crippen LogP contribution in [0.4, 0.5) is 27.7 Å². The third-order valence-electron chi connectivity index (χ3n) is 7.94. The number of nitrogens with two attached hydrogens (primary N) is 1. The lowest BCUT2D eigenvalue weighted by molar-refractivity contribution is 0.204. The van der Waals surface area contributed by atoms with E-state index < -0.39 is 0 Å². The van der Waals surface area contributed by atoms with Crippen LogP contribution in [0.5, 0.6) is 0 Å². The Balaban J connectivity index is 1.08. The molecule has 38 heavy (non-hydrogen) atoms. The second kappa shape index (κ2) is 9.36. The molecule has 2 fully saturated rings. The highest BCUT2D eigenvalue weighted by Gasteiger charge is 2.34. The predicted octanol–water partition coefficient (Wildman–Crippen LogP) is 3.96. The average molecular weight is 512 g/mol. The summed E-state index contributed by atoms with van der Waals surface area (Å²) in [5.41, 5.74) is 11.8. The predicted molar refractivity (Wildman–Crippen MR) is 145 cm³/mol. The minimum absolute atomic E-state index is 0.182. The molecule has 2 saturated heterocycles. The number of nitrogens with one attached hydrogen (secondary N) is 1. The highest BCUT2D eigenvalue weighted by Crippen LogP contribution is 2.32. The Labute approximate surface area is 220 Å². The van der Waals surface area contributed by atoms with Gasteiger partial charge in [-0.3, -0.25) is 4.90 Å². The normalized spacial score (nSPS) is 17.6. The first-order valence-corrected chi connectivity index (χ1v) is 13.4. The number of likely N-dealkylation sites (tertiary alicyclic amines) is 1. The van der Waals surface area contributed by atoms with Crippen molar-refractivity contribution >= 4 is 23.3 Å². The summed E-state index contributed by atoms with van der Waals surface area (Å²) in [6, 6.07) is 16.0. The largest absolute Gasteiger partial charge is 0.368 e. The van der Waals surface area contributed by atoms with Crippen molar-refractivity contribution in [3.05, 3.63) is 65.5 Å². The van der Waals surface area contributed by atoms with Crippen LogP contribution in [0.3, 0.4) is 0 Å². The lowest BCUT2D eigenvalue weighted by Crippen LogP contribution is -2.59. The summed E-state index contributed by atoms with van der Waals surface area (Å²) in [6.07, 6.45) is 5.48. The van der Waals surface area contributed by atoms with Crippen molar-refractivity contribution in [3.63, 3.8) is 0 Å². The van der Waals surface area contributed by atoms with Crippen molar-refractivity contribution in [2.24, 2.45) is 0 Å². The Morgan fingerprint density at radius 1 is 0.921 bits per heavy atom. The van der Waals surface area contributed by atoms with Crippen molar-refractivity contribution in [2.45, 2.75) is 38.1 Å². The average Bonchev–Trinajstić information content (AvgIpc) is 3.50. The van der Waals surface area contributed by atoms with Gasteiger partial charge in [-0.2, -0.15) is 9.67 Å². The molecule has 4 aromatic rings. The van der Waals surface area contributed by atoms with Gasteiger partial charge in [0.2, 0.25) is 11.9 Å². The van der Waals surface area contributed by atoms with Gasteiger partial charge in [-0.15, -0.1) is 15.3 Å². The molecule has 2 aromatic heterocycles. The number of rotatable bonds is 5. The first-order valence-electron chi connectivity index (χ1n) is 13.4. The van der Waals surface area contributed by atoms with Crippen LogP contribution in [-0.4, -0.2) is 62.1 Å². The summed E-state index contributed by atoms with van der Waals surface area (Å²) in [5, 5.41) is 16.5. The smallest absolute Gasteiger partial charge is 0.248 e. The zero-order chi connectivity index (χ0) is 25.6. The van der Waals surface area contributed by atoms with Crippen molar-refractivity contribution in [1.29, 1.82) is 0 Å². The molecule has 194 valence electrons. The molecule has 0 unspecified atom stereocenters. The topological polar surface area (TPSA) is 101 Å². The number of nitrogens with zero attached hydrogens (tertiary/aromatic N) is 7. The fraction of sp³-hybridized carbons (Fsp3) is 0.357. The number of benzene rings is 2. The van der Waals surface area contributed by atoms with E-state index in [0.717, 1.165) is 62.3 Å². The van der Waals surface area contributed by atoms with Gasteiger partial charge >= 0.3 is 0 Å². The number of anilines is 4. The molecule has 7 rings (SSSR count). The van der Waals surface area contributed by atoms with E-state index in [4.69, 9.17) is 5.73 Å². The highest BCUT2D eigenvalue weighted by molar-refractivity contribution is 5.68. The molecule has 0 amide bonds. The molecule has 1 aliphatic carbocycles.